The summed E-state index contributed by atoms with van der Waals surface area (Å²) in [5.74, 6) is 0.890. The third kappa shape index (κ3) is 3.47. The van der Waals surface area contributed by atoms with Crippen molar-refractivity contribution in [3.05, 3.63) is 57.2 Å². The van der Waals surface area contributed by atoms with Crippen molar-refractivity contribution >= 4 is 39.3 Å². The molecule has 0 amide bonds. The molecule has 17 heavy (non-hydrogen) atoms. The molecule has 0 N–H and O–H groups in total. The zero-order chi connectivity index (χ0) is 12.3. The first-order valence-electron chi connectivity index (χ1n) is 5.15. The molecule has 0 unspecified atom stereocenters. The third-order valence-electron chi connectivity index (χ3n) is 2.40. The summed E-state index contributed by atoms with van der Waals surface area (Å²) in [6.07, 6.45) is 1.77. The van der Waals surface area contributed by atoms with E-state index in [1.807, 2.05) is 12.1 Å². The standard InChI is InChI=1S/C13H11BrClNS/c1-9-4-2-3-5-10(9)8-17-13-12(15)6-11(14)7-16-13/h2-7H,8H2,1H3. The van der Waals surface area contributed by atoms with Gasteiger partial charge >= 0.3 is 0 Å². The minimum Gasteiger partial charge on any atom is -0.247 e. The molecule has 88 valence electrons. The first-order valence-corrected chi connectivity index (χ1v) is 7.31. The predicted octanol–water partition coefficient (Wildman–Crippen LogP) is 5.10. The molecular weight excluding hydrogens is 318 g/mol. The van der Waals surface area contributed by atoms with Crippen LogP contribution in [0.2, 0.25) is 5.02 Å². The largest absolute Gasteiger partial charge is 0.247 e. The van der Waals surface area contributed by atoms with Crippen molar-refractivity contribution in [1.29, 1.82) is 0 Å². The molecule has 0 spiro atoms. The van der Waals surface area contributed by atoms with Crippen LogP contribution in [0.15, 0.2) is 46.0 Å². The first-order chi connectivity index (χ1) is 8.16. The molecule has 2 aromatic rings. The van der Waals surface area contributed by atoms with Crippen molar-refractivity contribution in [2.24, 2.45) is 0 Å². The predicted molar refractivity (Wildman–Crippen MR) is 77.7 cm³/mol. The lowest BCUT2D eigenvalue weighted by molar-refractivity contribution is 1.12. The zero-order valence-electron chi connectivity index (χ0n) is 9.28. The topological polar surface area (TPSA) is 12.9 Å². The summed E-state index contributed by atoms with van der Waals surface area (Å²) in [5.41, 5.74) is 2.62. The van der Waals surface area contributed by atoms with E-state index in [0.29, 0.717) is 5.02 Å². The van der Waals surface area contributed by atoms with Gasteiger partial charge in [0, 0.05) is 16.4 Å². The van der Waals surface area contributed by atoms with Gasteiger partial charge in [0.05, 0.1) is 5.02 Å². The number of halogens is 2. The van der Waals surface area contributed by atoms with Crippen LogP contribution in [-0.4, -0.2) is 4.98 Å². The Bertz CT molecular complexity index is 531. The van der Waals surface area contributed by atoms with Crippen molar-refractivity contribution in [3.8, 4) is 0 Å². The summed E-state index contributed by atoms with van der Waals surface area (Å²) in [6.45, 7) is 2.12. The van der Waals surface area contributed by atoms with Gasteiger partial charge < -0.3 is 0 Å². The van der Waals surface area contributed by atoms with Gasteiger partial charge in [-0.1, -0.05) is 35.9 Å². The lowest BCUT2D eigenvalue weighted by Crippen LogP contribution is -1.87. The van der Waals surface area contributed by atoms with Gasteiger partial charge in [0.2, 0.25) is 0 Å². The molecule has 0 saturated carbocycles. The molecule has 0 bridgehead atoms. The smallest absolute Gasteiger partial charge is 0.115 e. The van der Waals surface area contributed by atoms with Crippen molar-refractivity contribution in [2.45, 2.75) is 17.7 Å². The van der Waals surface area contributed by atoms with E-state index in [9.17, 15) is 0 Å². The van der Waals surface area contributed by atoms with Crippen LogP contribution in [0.4, 0.5) is 0 Å². The molecule has 1 aromatic heterocycles. The molecule has 1 aromatic carbocycles. The van der Waals surface area contributed by atoms with Crippen molar-refractivity contribution in [3.63, 3.8) is 0 Å². The molecule has 1 nitrogen and oxygen atoms in total. The number of thioether (sulfide) groups is 1. The van der Waals surface area contributed by atoms with Gasteiger partial charge in [-0.15, -0.1) is 11.8 Å². The van der Waals surface area contributed by atoms with E-state index in [2.05, 4.69) is 46.0 Å². The van der Waals surface area contributed by atoms with Gasteiger partial charge in [-0.3, -0.25) is 0 Å². The van der Waals surface area contributed by atoms with E-state index >= 15 is 0 Å². The molecule has 4 heteroatoms. The average molecular weight is 329 g/mol. The molecule has 1 heterocycles. The summed E-state index contributed by atoms with van der Waals surface area (Å²) < 4.78 is 0.905. The van der Waals surface area contributed by atoms with Crippen LogP contribution in [0.5, 0.6) is 0 Å². The van der Waals surface area contributed by atoms with E-state index in [1.54, 1.807) is 18.0 Å². The Morgan fingerprint density at radius 2 is 2.12 bits per heavy atom. The molecule has 2 rings (SSSR count). The van der Waals surface area contributed by atoms with Crippen molar-refractivity contribution in [2.75, 3.05) is 0 Å². The van der Waals surface area contributed by atoms with Crippen LogP contribution in [0, 0.1) is 6.92 Å². The maximum atomic E-state index is 6.12. The average Bonchev–Trinajstić information content (AvgIpc) is 2.30. The number of hydrogen-bond acceptors (Lipinski definition) is 2. The Labute approximate surface area is 119 Å². The molecule has 0 aliphatic carbocycles. The van der Waals surface area contributed by atoms with Crippen LogP contribution < -0.4 is 0 Å². The summed E-state index contributed by atoms with van der Waals surface area (Å²) in [7, 11) is 0. The molecule has 0 radical (unpaired) electrons. The van der Waals surface area contributed by atoms with Gasteiger partial charge in [-0.05, 0) is 40.0 Å². The summed E-state index contributed by atoms with van der Waals surface area (Å²) in [6, 6.07) is 10.2. The van der Waals surface area contributed by atoms with Gasteiger partial charge in [-0.2, -0.15) is 0 Å². The molecular formula is C13H11BrClNS. The molecule has 0 atom stereocenters. The number of hydrogen-bond donors (Lipinski definition) is 0. The second-order valence-electron chi connectivity index (χ2n) is 3.66. The number of aryl methyl sites for hydroxylation is 1. The normalized spacial score (nSPS) is 10.5. The number of aromatic nitrogens is 1. The SMILES string of the molecule is Cc1ccccc1CSc1ncc(Br)cc1Cl. The Hall–Kier alpha value is -0.510. The number of nitrogens with zero attached hydrogens (tertiary/aromatic N) is 1. The molecule has 0 aliphatic rings. The maximum absolute atomic E-state index is 6.12. The van der Waals surface area contributed by atoms with Crippen molar-refractivity contribution < 1.29 is 0 Å². The van der Waals surface area contributed by atoms with Crippen LogP contribution in [0.25, 0.3) is 0 Å². The fourth-order valence-electron chi connectivity index (χ4n) is 1.43. The summed E-state index contributed by atoms with van der Waals surface area (Å²) in [5, 5.41) is 1.57. The number of benzene rings is 1. The first kappa shape index (κ1) is 12.9. The highest BCUT2D eigenvalue weighted by Gasteiger charge is 2.05. The third-order valence-corrected chi connectivity index (χ3v) is 4.29. The molecule has 0 saturated heterocycles. The van der Waals surface area contributed by atoms with Crippen LogP contribution in [0.3, 0.4) is 0 Å². The second-order valence-corrected chi connectivity index (χ2v) is 5.94. The van der Waals surface area contributed by atoms with Crippen LogP contribution in [0.1, 0.15) is 11.1 Å². The number of rotatable bonds is 3. The van der Waals surface area contributed by atoms with E-state index in [4.69, 9.17) is 11.6 Å². The highest BCUT2D eigenvalue weighted by atomic mass is 79.9. The van der Waals surface area contributed by atoms with Crippen LogP contribution in [-0.2, 0) is 5.75 Å². The molecule has 0 fully saturated rings. The Kier molecular flexibility index (Phi) is 4.48. The summed E-state index contributed by atoms with van der Waals surface area (Å²) >= 11 is 11.1. The van der Waals surface area contributed by atoms with E-state index in [-0.39, 0.29) is 0 Å². The molecule has 0 aliphatic heterocycles. The van der Waals surface area contributed by atoms with E-state index in [1.165, 1.54) is 11.1 Å². The fraction of sp³-hybridized carbons (Fsp3) is 0.154. The fourth-order valence-corrected chi connectivity index (χ4v) is 3.16. The minimum absolute atomic E-state index is 0.693. The van der Waals surface area contributed by atoms with Gasteiger partial charge in [-0.25, -0.2) is 4.98 Å². The Morgan fingerprint density at radius 1 is 1.35 bits per heavy atom. The van der Waals surface area contributed by atoms with E-state index in [0.717, 1.165) is 15.3 Å². The highest BCUT2D eigenvalue weighted by molar-refractivity contribution is 9.10. The van der Waals surface area contributed by atoms with Crippen molar-refractivity contribution in [1.82, 2.24) is 4.98 Å². The maximum Gasteiger partial charge on any atom is 0.115 e. The Balaban J connectivity index is 2.10. The lowest BCUT2D eigenvalue weighted by Gasteiger charge is -2.06. The summed E-state index contributed by atoms with van der Waals surface area (Å²) in [4.78, 5) is 4.31. The zero-order valence-corrected chi connectivity index (χ0v) is 12.4. The monoisotopic (exact) mass is 327 g/mol. The number of pyridine rings is 1. The quantitative estimate of drug-likeness (QED) is 0.727. The van der Waals surface area contributed by atoms with E-state index < -0.39 is 0 Å². The minimum atomic E-state index is 0.693. The van der Waals surface area contributed by atoms with Gasteiger partial charge in [0.1, 0.15) is 5.03 Å². The van der Waals surface area contributed by atoms with Crippen LogP contribution >= 0.6 is 39.3 Å². The highest BCUT2D eigenvalue weighted by Crippen LogP contribution is 2.30. The van der Waals surface area contributed by atoms with Gasteiger partial charge in [0.25, 0.3) is 0 Å². The Morgan fingerprint density at radius 3 is 2.82 bits per heavy atom. The van der Waals surface area contributed by atoms with Gasteiger partial charge in [0.15, 0.2) is 0 Å². The lowest BCUT2D eigenvalue weighted by atomic mass is 10.1. The second kappa shape index (κ2) is 5.89.